The molecule has 0 saturated heterocycles. The van der Waals surface area contributed by atoms with E-state index < -0.39 is 0 Å². The predicted molar refractivity (Wildman–Crippen MR) is 97.8 cm³/mol. The minimum absolute atomic E-state index is 0.0801. The smallest absolute Gasteiger partial charge is 0.251 e. The third kappa shape index (κ3) is 4.23. The van der Waals surface area contributed by atoms with Gasteiger partial charge in [-0.05, 0) is 54.8 Å². The summed E-state index contributed by atoms with van der Waals surface area (Å²) in [6, 6.07) is 18.9. The zero-order chi connectivity index (χ0) is 17.6. The molecule has 2 aromatic carbocycles. The van der Waals surface area contributed by atoms with E-state index in [0.29, 0.717) is 18.0 Å². The summed E-state index contributed by atoms with van der Waals surface area (Å²) in [6.07, 6.45) is 1.68. The number of amides is 1. The molecule has 1 aromatic heterocycles. The summed E-state index contributed by atoms with van der Waals surface area (Å²) in [5.41, 5.74) is 3.74. The van der Waals surface area contributed by atoms with Crippen LogP contribution in [0.4, 0.5) is 0 Å². The van der Waals surface area contributed by atoms with Gasteiger partial charge in [-0.3, -0.25) is 4.79 Å². The van der Waals surface area contributed by atoms with Crippen molar-refractivity contribution in [3.05, 3.63) is 89.1 Å². The molecule has 0 fully saturated rings. The van der Waals surface area contributed by atoms with Crippen LogP contribution < -0.4 is 10.1 Å². The Morgan fingerprint density at radius 2 is 1.84 bits per heavy atom. The van der Waals surface area contributed by atoms with E-state index in [4.69, 9.17) is 4.74 Å². The Balaban J connectivity index is 1.66. The first kappa shape index (κ1) is 16.7. The van der Waals surface area contributed by atoms with Crippen LogP contribution in [-0.2, 0) is 6.54 Å². The second kappa shape index (κ2) is 7.62. The Hall–Kier alpha value is -3.14. The molecule has 0 aliphatic heterocycles. The average Bonchev–Trinajstić information content (AvgIpc) is 2.63. The highest BCUT2D eigenvalue weighted by molar-refractivity contribution is 5.95. The normalized spacial score (nSPS) is 10.3. The van der Waals surface area contributed by atoms with Crippen molar-refractivity contribution in [3.63, 3.8) is 0 Å². The number of hydrogen-bond acceptors (Lipinski definition) is 3. The van der Waals surface area contributed by atoms with Crippen molar-refractivity contribution in [2.45, 2.75) is 20.4 Å². The van der Waals surface area contributed by atoms with Crippen LogP contribution >= 0.6 is 0 Å². The molecule has 0 radical (unpaired) electrons. The molecule has 1 heterocycles. The second-order valence-electron chi connectivity index (χ2n) is 5.85. The number of para-hydroxylation sites is 1. The molecule has 126 valence electrons. The van der Waals surface area contributed by atoms with E-state index in [1.807, 2.05) is 74.5 Å². The van der Waals surface area contributed by atoms with Crippen molar-refractivity contribution < 1.29 is 9.53 Å². The lowest BCUT2D eigenvalue weighted by molar-refractivity contribution is 0.0950. The van der Waals surface area contributed by atoms with Crippen molar-refractivity contribution in [3.8, 4) is 11.6 Å². The van der Waals surface area contributed by atoms with E-state index in [-0.39, 0.29) is 5.91 Å². The van der Waals surface area contributed by atoms with Crippen LogP contribution in [0.1, 0.15) is 27.0 Å². The molecule has 4 heteroatoms. The summed E-state index contributed by atoms with van der Waals surface area (Å²) >= 11 is 0. The summed E-state index contributed by atoms with van der Waals surface area (Å²) in [4.78, 5) is 16.6. The molecule has 4 nitrogen and oxygen atoms in total. The van der Waals surface area contributed by atoms with E-state index in [0.717, 1.165) is 22.4 Å². The van der Waals surface area contributed by atoms with E-state index in [1.165, 1.54) is 0 Å². The molecule has 0 aliphatic rings. The Kier molecular flexibility index (Phi) is 5.09. The first-order valence-electron chi connectivity index (χ1n) is 8.16. The maximum atomic E-state index is 12.4. The highest BCUT2D eigenvalue weighted by Crippen LogP contribution is 2.19. The SMILES string of the molecule is Cc1cccc(C(=O)NCc2ccnc(Oc3ccccc3)c2)c1C. The molecule has 3 rings (SSSR count). The highest BCUT2D eigenvalue weighted by Gasteiger charge is 2.10. The Bertz CT molecular complexity index is 876. The number of ether oxygens (including phenoxy) is 1. The van der Waals surface area contributed by atoms with Gasteiger partial charge in [0.1, 0.15) is 5.75 Å². The summed E-state index contributed by atoms with van der Waals surface area (Å²) < 4.78 is 5.72. The van der Waals surface area contributed by atoms with E-state index in [2.05, 4.69) is 10.3 Å². The van der Waals surface area contributed by atoms with Gasteiger partial charge in [-0.2, -0.15) is 0 Å². The third-order valence-electron chi connectivity index (χ3n) is 4.07. The Morgan fingerprint density at radius 1 is 1.04 bits per heavy atom. The molecule has 1 amide bonds. The van der Waals surface area contributed by atoms with Gasteiger partial charge in [0.05, 0.1) is 0 Å². The second-order valence-corrected chi connectivity index (χ2v) is 5.85. The van der Waals surface area contributed by atoms with Crippen molar-refractivity contribution in [2.24, 2.45) is 0 Å². The van der Waals surface area contributed by atoms with Crippen LogP contribution in [0.3, 0.4) is 0 Å². The first-order valence-corrected chi connectivity index (χ1v) is 8.16. The van der Waals surface area contributed by atoms with Crippen LogP contribution in [0.25, 0.3) is 0 Å². The fraction of sp³-hybridized carbons (Fsp3) is 0.143. The van der Waals surface area contributed by atoms with E-state index in [1.54, 1.807) is 6.20 Å². The van der Waals surface area contributed by atoms with Gasteiger partial charge in [-0.15, -0.1) is 0 Å². The average molecular weight is 332 g/mol. The summed E-state index contributed by atoms with van der Waals surface area (Å²) in [7, 11) is 0. The maximum absolute atomic E-state index is 12.4. The number of aryl methyl sites for hydroxylation is 1. The number of nitrogens with zero attached hydrogens (tertiary/aromatic N) is 1. The number of benzene rings is 2. The minimum atomic E-state index is -0.0801. The number of carbonyl (C=O) groups is 1. The summed E-state index contributed by atoms with van der Waals surface area (Å²) in [6.45, 7) is 4.38. The zero-order valence-electron chi connectivity index (χ0n) is 14.3. The van der Waals surface area contributed by atoms with Gasteiger partial charge >= 0.3 is 0 Å². The zero-order valence-corrected chi connectivity index (χ0v) is 14.3. The van der Waals surface area contributed by atoms with Crippen LogP contribution in [0.5, 0.6) is 11.6 Å². The fourth-order valence-electron chi connectivity index (χ4n) is 2.50. The van der Waals surface area contributed by atoms with E-state index in [9.17, 15) is 4.79 Å². The first-order chi connectivity index (χ1) is 12.1. The number of nitrogens with one attached hydrogen (secondary N) is 1. The fourth-order valence-corrected chi connectivity index (χ4v) is 2.50. The van der Waals surface area contributed by atoms with Gasteiger partial charge in [-0.1, -0.05) is 30.3 Å². The molecule has 0 aliphatic carbocycles. The van der Waals surface area contributed by atoms with E-state index >= 15 is 0 Å². The quantitative estimate of drug-likeness (QED) is 0.752. The number of pyridine rings is 1. The standard InChI is InChI=1S/C21H20N2O2/c1-15-7-6-10-19(16(15)2)21(24)23-14-17-11-12-22-20(13-17)25-18-8-4-3-5-9-18/h3-13H,14H2,1-2H3,(H,23,24). The summed E-state index contributed by atoms with van der Waals surface area (Å²) in [5.74, 6) is 1.15. The highest BCUT2D eigenvalue weighted by atomic mass is 16.5. The maximum Gasteiger partial charge on any atom is 0.251 e. The molecule has 0 atom stereocenters. The van der Waals surface area contributed by atoms with Crippen LogP contribution in [0, 0.1) is 13.8 Å². The Morgan fingerprint density at radius 3 is 2.64 bits per heavy atom. The van der Waals surface area contributed by atoms with Crippen LogP contribution in [-0.4, -0.2) is 10.9 Å². The molecule has 1 N–H and O–H groups in total. The molecular formula is C21H20N2O2. The van der Waals surface area contributed by atoms with Crippen LogP contribution in [0.15, 0.2) is 66.9 Å². The largest absolute Gasteiger partial charge is 0.439 e. The number of aromatic nitrogens is 1. The molecule has 25 heavy (non-hydrogen) atoms. The van der Waals surface area contributed by atoms with Gasteiger partial charge in [0, 0.05) is 24.4 Å². The predicted octanol–water partition coefficient (Wildman–Crippen LogP) is 4.42. The van der Waals surface area contributed by atoms with Crippen LogP contribution in [0.2, 0.25) is 0 Å². The molecular weight excluding hydrogens is 312 g/mol. The number of rotatable bonds is 5. The Labute approximate surface area is 147 Å². The third-order valence-corrected chi connectivity index (χ3v) is 4.07. The monoisotopic (exact) mass is 332 g/mol. The molecule has 0 bridgehead atoms. The molecule has 0 unspecified atom stereocenters. The lowest BCUT2D eigenvalue weighted by Crippen LogP contribution is -2.23. The van der Waals surface area contributed by atoms with Crippen molar-refractivity contribution in [1.82, 2.24) is 10.3 Å². The van der Waals surface area contributed by atoms with Gasteiger partial charge in [0.25, 0.3) is 5.91 Å². The number of carbonyl (C=O) groups excluding carboxylic acids is 1. The topological polar surface area (TPSA) is 51.2 Å². The lowest BCUT2D eigenvalue weighted by Gasteiger charge is -2.10. The lowest BCUT2D eigenvalue weighted by atomic mass is 10.0. The summed E-state index contributed by atoms with van der Waals surface area (Å²) in [5, 5.41) is 2.95. The van der Waals surface area contributed by atoms with Crippen molar-refractivity contribution in [1.29, 1.82) is 0 Å². The minimum Gasteiger partial charge on any atom is -0.439 e. The van der Waals surface area contributed by atoms with Gasteiger partial charge in [-0.25, -0.2) is 4.98 Å². The van der Waals surface area contributed by atoms with Crippen molar-refractivity contribution in [2.75, 3.05) is 0 Å². The van der Waals surface area contributed by atoms with Gasteiger partial charge < -0.3 is 10.1 Å². The molecule has 3 aromatic rings. The molecule has 0 saturated carbocycles. The van der Waals surface area contributed by atoms with Crippen molar-refractivity contribution >= 4 is 5.91 Å². The van der Waals surface area contributed by atoms with Gasteiger partial charge in [0.15, 0.2) is 0 Å². The van der Waals surface area contributed by atoms with Gasteiger partial charge in [0.2, 0.25) is 5.88 Å². The molecule has 0 spiro atoms. The number of hydrogen-bond donors (Lipinski definition) is 1.